The van der Waals surface area contributed by atoms with Crippen molar-refractivity contribution in [1.29, 1.82) is 0 Å². The van der Waals surface area contributed by atoms with E-state index in [-0.39, 0.29) is 0 Å². The number of hydrogen-bond acceptors (Lipinski definition) is 2. The fourth-order valence-electron chi connectivity index (χ4n) is 1.36. The highest BCUT2D eigenvalue weighted by atomic mass is 19.4. The molecule has 0 radical (unpaired) electrons. The summed E-state index contributed by atoms with van der Waals surface area (Å²) in [5.41, 5.74) is 0.145. The molecule has 0 aliphatic carbocycles. The number of aromatic nitrogens is 1. The molecule has 94 valence electrons. The summed E-state index contributed by atoms with van der Waals surface area (Å²) in [6.45, 7) is 1.84. The van der Waals surface area contributed by atoms with E-state index in [2.05, 4.69) is 4.98 Å². The predicted molar refractivity (Wildman–Crippen MR) is 60.5 cm³/mol. The largest absolute Gasteiger partial charge is 0.456 e. The standard InChI is InChI=1S/C13H10F3NO/c1-9-2-5-12(8-17-9)18-11-6-3-10(4-7-11)13(14,15)16/h2-8H,1H3. The van der Waals surface area contributed by atoms with Crippen LogP contribution < -0.4 is 4.74 Å². The van der Waals surface area contributed by atoms with Crippen molar-refractivity contribution in [2.24, 2.45) is 0 Å². The molecular formula is C13H10F3NO. The summed E-state index contributed by atoms with van der Waals surface area (Å²) in [5, 5.41) is 0. The maximum absolute atomic E-state index is 12.3. The summed E-state index contributed by atoms with van der Waals surface area (Å²) in [4.78, 5) is 4.03. The second-order valence-corrected chi connectivity index (χ2v) is 3.76. The van der Waals surface area contributed by atoms with Gasteiger partial charge in [0.2, 0.25) is 0 Å². The first-order valence-corrected chi connectivity index (χ1v) is 5.23. The van der Waals surface area contributed by atoms with Crippen molar-refractivity contribution in [2.75, 3.05) is 0 Å². The molecule has 18 heavy (non-hydrogen) atoms. The molecule has 0 atom stereocenters. The van der Waals surface area contributed by atoms with Gasteiger partial charge in [-0.2, -0.15) is 13.2 Å². The molecule has 1 aromatic carbocycles. The van der Waals surface area contributed by atoms with Crippen LogP contribution in [0.5, 0.6) is 11.5 Å². The highest BCUT2D eigenvalue weighted by Crippen LogP contribution is 2.31. The Morgan fingerprint density at radius 1 is 0.944 bits per heavy atom. The molecule has 0 unspecified atom stereocenters. The van der Waals surface area contributed by atoms with E-state index in [1.165, 1.54) is 18.3 Å². The Bertz CT molecular complexity index is 517. The fraction of sp³-hybridized carbons (Fsp3) is 0.154. The van der Waals surface area contributed by atoms with E-state index in [1.807, 2.05) is 6.92 Å². The van der Waals surface area contributed by atoms with Crippen molar-refractivity contribution in [1.82, 2.24) is 4.98 Å². The Kier molecular flexibility index (Phi) is 3.23. The molecule has 0 N–H and O–H groups in total. The average molecular weight is 253 g/mol. The molecule has 0 saturated carbocycles. The fourth-order valence-corrected chi connectivity index (χ4v) is 1.36. The van der Waals surface area contributed by atoms with Crippen LogP contribution in [-0.4, -0.2) is 4.98 Å². The molecule has 0 aliphatic rings. The van der Waals surface area contributed by atoms with Crippen LogP contribution in [0.4, 0.5) is 13.2 Å². The summed E-state index contributed by atoms with van der Waals surface area (Å²) in [6.07, 6.45) is -2.81. The van der Waals surface area contributed by atoms with Gasteiger partial charge in [-0.25, -0.2) is 0 Å². The summed E-state index contributed by atoms with van der Waals surface area (Å²) in [5.74, 6) is 0.828. The summed E-state index contributed by atoms with van der Waals surface area (Å²) >= 11 is 0. The zero-order valence-electron chi connectivity index (χ0n) is 9.53. The number of aryl methyl sites for hydroxylation is 1. The molecule has 2 aromatic rings. The maximum atomic E-state index is 12.3. The van der Waals surface area contributed by atoms with Crippen molar-refractivity contribution < 1.29 is 17.9 Å². The number of alkyl halides is 3. The summed E-state index contributed by atoms with van der Waals surface area (Å²) in [7, 11) is 0. The Labute approximate surface area is 102 Å². The lowest BCUT2D eigenvalue weighted by Crippen LogP contribution is -2.03. The van der Waals surface area contributed by atoms with Crippen LogP contribution in [0.25, 0.3) is 0 Å². The van der Waals surface area contributed by atoms with Gasteiger partial charge < -0.3 is 4.74 Å². The molecular weight excluding hydrogens is 243 g/mol. The van der Waals surface area contributed by atoms with Gasteiger partial charge in [0.1, 0.15) is 11.5 Å². The van der Waals surface area contributed by atoms with E-state index in [4.69, 9.17) is 4.74 Å². The van der Waals surface area contributed by atoms with Crippen molar-refractivity contribution in [2.45, 2.75) is 13.1 Å². The van der Waals surface area contributed by atoms with Crippen LogP contribution in [0.1, 0.15) is 11.3 Å². The zero-order valence-corrected chi connectivity index (χ0v) is 9.53. The van der Waals surface area contributed by atoms with Gasteiger partial charge in [0, 0.05) is 5.69 Å². The number of benzene rings is 1. The van der Waals surface area contributed by atoms with E-state index in [0.717, 1.165) is 17.8 Å². The topological polar surface area (TPSA) is 22.1 Å². The molecule has 0 fully saturated rings. The average Bonchev–Trinajstić information content (AvgIpc) is 2.32. The van der Waals surface area contributed by atoms with E-state index >= 15 is 0 Å². The molecule has 1 heterocycles. The van der Waals surface area contributed by atoms with Gasteiger partial charge in [-0.05, 0) is 43.3 Å². The first kappa shape index (κ1) is 12.4. The van der Waals surface area contributed by atoms with E-state index in [1.54, 1.807) is 12.1 Å². The highest BCUT2D eigenvalue weighted by Gasteiger charge is 2.29. The Hall–Kier alpha value is -2.04. The third-order valence-electron chi connectivity index (χ3n) is 2.30. The van der Waals surface area contributed by atoms with E-state index in [0.29, 0.717) is 11.5 Å². The van der Waals surface area contributed by atoms with Gasteiger partial charge in [-0.1, -0.05) is 0 Å². The Morgan fingerprint density at radius 3 is 2.06 bits per heavy atom. The van der Waals surface area contributed by atoms with Gasteiger partial charge >= 0.3 is 6.18 Å². The molecule has 1 aromatic heterocycles. The van der Waals surface area contributed by atoms with E-state index < -0.39 is 11.7 Å². The summed E-state index contributed by atoms with van der Waals surface area (Å²) < 4.78 is 42.4. The third-order valence-corrected chi connectivity index (χ3v) is 2.30. The predicted octanol–water partition coefficient (Wildman–Crippen LogP) is 4.20. The number of rotatable bonds is 2. The van der Waals surface area contributed by atoms with Gasteiger partial charge in [-0.3, -0.25) is 4.98 Å². The van der Waals surface area contributed by atoms with Crippen LogP contribution in [-0.2, 0) is 6.18 Å². The first-order chi connectivity index (χ1) is 8.45. The Morgan fingerprint density at radius 2 is 1.56 bits per heavy atom. The number of nitrogens with zero attached hydrogens (tertiary/aromatic N) is 1. The van der Waals surface area contributed by atoms with Crippen LogP contribution in [0.3, 0.4) is 0 Å². The SMILES string of the molecule is Cc1ccc(Oc2ccc(C(F)(F)F)cc2)cn1. The second kappa shape index (κ2) is 4.68. The highest BCUT2D eigenvalue weighted by molar-refractivity contribution is 5.33. The smallest absolute Gasteiger partial charge is 0.416 e. The summed E-state index contributed by atoms with van der Waals surface area (Å²) in [6, 6.07) is 8.00. The van der Waals surface area contributed by atoms with Crippen molar-refractivity contribution in [3.63, 3.8) is 0 Å². The van der Waals surface area contributed by atoms with Crippen LogP contribution in [0.2, 0.25) is 0 Å². The van der Waals surface area contributed by atoms with Crippen molar-refractivity contribution in [3.8, 4) is 11.5 Å². The number of ether oxygens (including phenoxy) is 1. The Balaban J connectivity index is 2.13. The molecule has 0 amide bonds. The van der Waals surface area contributed by atoms with Crippen LogP contribution in [0, 0.1) is 6.92 Å². The minimum absolute atomic E-state index is 0.341. The first-order valence-electron chi connectivity index (χ1n) is 5.23. The normalized spacial score (nSPS) is 11.3. The lowest BCUT2D eigenvalue weighted by Gasteiger charge is -2.08. The minimum Gasteiger partial charge on any atom is -0.456 e. The number of halogens is 3. The number of hydrogen-bond donors (Lipinski definition) is 0. The van der Waals surface area contributed by atoms with Gasteiger partial charge in [0.05, 0.1) is 11.8 Å². The second-order valence-electron chi connectivity index (χ2n) is 3.76. The van der Waals surface area contributed by atoms with E-state index in [9.17, 15) is 13.2 Å². The lowest BCUT2D eigenvalue weighted by molar-refractivity contribution is -0.137. The van der Waals surface area contributed by atoms with Gasteiger partial charge in [0.15, 0.2) is 0 Å². The zero-order chi connectivity index (χ0) is 13.2. The quantitative estimate of drug-likeness (QED) is 0.800. The van der Waals surface area contributed by atoms with Crippen LogP contribution in [0.15, 0.2) is 42.6 Å². The number of pyridine rings is 1. The monoisotopic (exact) mass is 253 g/mol. The van der Waals surface area contributed by atoms with Gasteiger partial charge in [-0.15, -0.1) is 0 Å². The maximum Gasteiger partial charge on any atom is 0.416 e. The lowest BCUT2D eigenvalue weighted by atomic mass is 10.2. The van der Waals surface area contributed by atoms with Crippen LogP contribution >= 0.6 is 0 Å². The molecule has 2 rings (SSSR count). The molecule has 0 bridgehead atoms. The molecule has 0 saturated heterocycles. The third kappa shape index (κ3) is 3.00. The molecule has 5 heteroatoms. The molecule has 0 spiro atoms. The van der Waals surface area contributed by atoms with Crippen molar-refractivity contribution >= 4 is 0 Å². The molecule has 0 aliphatic heterocycles. The van der Waals surface area contributed by atoms with Gasteiger partial charge in [0.25, 0.3) is 0 Å². The van der Waals surface area contributed by atoms with Crippen molar-refractivity contribution in [3.05, 3.63) is 53.9 Å². The minimum atomic E-state index is -4.33. The molecule has 2 nitrogen and oxygen atoms in total.